The Morgan fingerprint density at radius 1 is 0.917 bits per heavy atom. The molecule has 0 aromatic heterocycles. The molecular weight excluding hydrogens is 575 g/mol. The van der Waals surface area contributed by atoms with E-state index in [9.17, 15) is 0 Å². The van der Waals surface area contributed by atoms with Gasteiger partial charge in [-0.05, 0) is 48.5 Å². The molecular formula is C31H45IO3Si. The third-order valence-electron chi connectivity index (χ3n) is 7.37. The maximum absolute atomic E-state index is 7.32. The zero-order valence-corrected chi connectivity index (χ0v) is 26.5. The Labute approximate surface area is 234 Å². The number of rotatable bonds is 10. The molecule has 5 atom stereocenters. The molecule has 5 heteroatoms. The maximum Gasteiger partial charge on any atom is 0.261 e. The lowest BCUT2D eigenvalue weighted by Gasteiger charge is -2.45. The lowest BCUT2D eigenvalue weighted by molar-refractivity contribution is -0.148. The highest BCUT2D eigenvalue weighted by Gasteiger charge is 2.51. The molecule has 0 radical (unpaired) electrons. The summed E-state index contributed by atoms with van der Waals surface area (Å²) in [6.45, 7) is 17.8. The summed E-state index contributed by atoms with van der Waals surface area (Å²) >= 11 is 2.42. The summed E-state index contributed by atoms with van der Waals surface area (Å²) in [5, 5.41) is 2.61. The van der Waals surface area contributed by atoms with Crippen molar-refractivity contribution in [2.45, 2.75) is 90.9 Å². The molecule has 36 heavy (non-hydrogen) atoms. The number of hydrogen-bond acceptors (Lipinski definition) is 3. The number of hydrogen-bond donors (Lipinski definition) is 0. The molecule has 1 aliphatic rings. The summed E-state index contributed by atoms with van der Waals surface area (Å²) in [6, 6.07) is 21.8. The molecule has 0 N–H and O–H groups in total. The minimum atomic E-state index is -2.58. The van der Waals surface area contributed by atoms with Crippen molar-refractivity contribution in [2.24, 2.45) is 11.8 Å². The van der Waals surface area contributed by atoms with Gasteiger partial charge in [0.05, 0.1) is 12.2 Å². The summed E-state index contributed by atoms with van der Waals surface area (Å²) in [5.41, 5.74) is 0. The van der Waals surface area contributed by atoms with Crippen LogP contribution in [-0.2, 0) is 13.9 Å². The molecule has 0 amide bonds. The van der Waals surface area contributed by atoms with Crippen LogP contribution in [0, 0.1) is 11.8 Å². The Morgan fingerprint density at radius 2 is 1.44 bits per heavy atom. The highest BCUT2D eigenvalue weighted by molar-refractivity contribution is 14.1. The van der Waals surface area contributed by atoms with Crippen molar-refractivity contribution in [1.82, 2.24) is 0 Å². The van der Waals surface area contributed by atoms with Crippen molar-refractivity contribution in [3.63, 3.8) is 0 Å². The van der Waals surface area contributed by atoms with Crippen LogP contribution in [0.15, 0.2) is 72.8 Å². The fourth-order valence-electron chi connectivity index (χ4n) is 5.33. The summed E-state index contributed by atoms with van der Waals surface area (Å²) in [4.78, 5) is 0. The second-order valence-corrected chi connectivity index (χ2v) is 17.0. The van der Waals surface area contributed by atoms with Crippen molar-refractivity contribution >= 4 is 41.3 Å². The third-order valence-corrected chi connectivity index (χ3v) is 13.1. The zero-order valence-electron chi connectivity index (χ0n) is 23.3. The van der Waals surface area contributed by atoms with Crippen LogP contribution in [0.1, 0.15) is 61.8 Å². The van der Waals surface area contributed by atoms with Crippen LogP contribution in [0.2, 0.25) is 5.04 Å². The largest absolute Gasteiger partial charge is 0.404 e. The van der Waals surface area contributed by atoms with Crippen LogP contribution >= 0.6 is 22.6 Å². The molecule has 1 saturated heterocycles. The van der Waals surface area contributed by atoms with E-state index < -0.39 is 14.1 Å². The van der Waals surface area contributed by atoms with Gasteiger partial charge >= 0.3 is 0 Å². The van der Waals surface area contributed by atoms with E-state index in [4.69, 9.17) is 13.9 Å². The van der Waals surface area contributed by atoms with E-state index in [2.05, 4.69) is 137 Å². The van der Waals surface area contributed by atoms with E-state index in [-0.39, 0.29) is 35.2 Å². The minimum absolute atomic E-state index is 0.0338. The second kappa shape index (κ2) is 12.2. The first-order valence-electron chi connectivity index (χ1n) is 13.3. The van der Waals surface area contributed by atoms with Crippen molar-refractivity contribution in [3.05, 3.63) is 72.8 Å². The van der Waals surface area contributed by atoms with Crippen LogP contribution in [0.5, 0.6) is 0 Å². The topological polar surface area (TPSA) is 27.7 Å². The van der Waals surface area contributed by atoms with Crippen LogP contribution in [-0.4, -0.2) is 36.8 Å². The van der Waals surface area contributed by atoms with E-state index in [1.807, 2.05) is 13.8 Å². The Kier molecular flexibility index (Phi) is 10.1. The van der Waals surface area contributed by atoms with Crippen molar-refractivity contribution in [2.75, 3.05) is 4.43 Å². The van der Waals surface area contributed by atoms with Gasteiger partial charge in [-0.1, -0.05) is 130 Å². The molecule has 5 unspecified atom stereocenters. The quantitative estimate of drug-likeness (QED) is 0.123. The summed E-state index contributed by atoms with van der Waals surface area (Å²) < 4.78 is 20.9. The van der Waals surface area contributed by atoms with E-state index >= 15 is 0 Å². The molecule has 1 aliphatic heterocycles. The van der Waals surface area contributed by atoms with Crippen LogP contribution in [0.4, 0.5) is 0 Å². The monoisotopic (exact) mass is 620 g/mol. The first kappa shape index (κ1) is 29.6. The average molecular weight is 621 g/mol. The number of ether oxygens (including phenoxy) is 2. The molecule has 0 spiro atoms. The Bertz CT molecular complexity index is 931. The van der Waals surface area contributed by atoms with E-state index in [1.54, 1.807) is 0 Å². The van der Waals surface area contributed by atoms with Crippen molar-refractivity contribution < 1.29 is 13.9 Å². The normalized spacial score (nSPS) is 23.0. The Hall–Kier alpha value is -0.993. The molecule has 0 aliphatic carbocycles. The third kappa shape index (κ3) is 6.71. The SMILES string of the molecule is CC(/C=C\C(C)C1OC(C)(C)OC1CCI)C(C)O[Si](c1ccccc1)(c1ccccc1)C(C)(C)C. The number of alkyl halides is 1. The standard InChI is InChI=1S/C31H45IO3Si/c1-23(19-20-24(2)29-28(21-22-32)33-31(7,8)34-29)25(3)35-36(30(4,5)6,26-15-11-9-12-16-26)27-17-13-10-14-18-27/h9-20,23-25,28-29H,21-22H2,1-8H3/b20-19-. The Balaban J connectivity index is 1.86. The van der Waals surface area contributed by atoms with Gasteiger partial charge in [-0.3, -0.25) is 0 Å². The molecule has 198 valence electrons. The smallest absolute Gasteiger partial charge is 0.261 e. The molecule has 0 bridgehead atoms. The van der Waals surface area contributed by atoms with Gasteiger partial charge in [0.2, 0.25) is 0 Å². The molecule has 3 nitrogen and oxygen atoms in total. The van der Waals surface area contributed by atoms with E-state index in [1.165, 1.54) is 10.4 Å². The highest BCUT2D eigenvalue weighted by atomic mass is 127. The van der Waals surface area contributed by atoms with Crippen LogP contribution in [0.3, 0.4) is 0 Å². The predicted molar refractivity (Wildman–Crippen MR) is 163 cm³/mol. The average Bonchev–Trinajstić information content (AvgIpc) is 3.15. The lowest BCUT2D eigenvalue weighted by atomic mass is 9.95. The van der Waals surface area contributed by atoms with Crippen LogP contribution in [0.25, 0.3) is 0 Å². The van der Waals surface area contributed by atoms with Gasteiger partial charge in [0.25, 0.3) is 8.32 Å². The highest BCUT2D eigenvalue weighted by Crippen LogP contribution is 2.39. The fourth-order valence-corrected chi connectivity index (χ4v) is 10.7. The van der Waals surface area contributed by atoms with Gasteiger partial charge in [-0.15, -0.1) is 0 Å². The number of benzene rings is 2. The maximum atomic E-state index is 7.32. The van der Waals surface area contributed by atoms with Gasteiger partial charge in [0, 0.05) is 16.4 Å². The van der Waals surface area contributed by atoms with Gasteiger partial charge in [0.15, 0.2) is 5.79 Å². The molecule has 2 aromatic rings. The molecule has 1 fully saturated rings. The summed E-state index contributed by atoms with van der Waals surface area (Å²) in [6.07, 6.45) is 5.91. The van der Waals surface area contributed by atoms with Crippen molar-refractivity contribution in [1.29, 1.82) is 0 Å². The second-order valence-electron chi connectivity index (χ2n) is 11.7. The van der Waals surface area contributed by atoms with Crippen molar-refractivity contribution in [3.8, 4) is 0 Å². The molecule has 0 saturated carbocycles. The number of halogens is 1. The summed E-state index contributed by atoms with van der Waals surface area (Å²) in [5.74, 6) is 0.00356. The van der Waals surface area contributed by atoms with Gasteiger partial charge < -0.3 is 13.9 Å². The van der Waals surface area contributed by atoms with Gasteiger partial charge in [-0.25, -0.2) is 0 Å². The molecule has 1 heterocycles. The summed E-state index contributed by atoms with van der Waals surface area (Å²) in [7, 11) is -2.58. The predicted octanol–water partition coefficient (Wildman–Crippen LogP) is 7.13. The zero-order chi connectivity index (χ0) is 26.6. The van der Waals surface area contributed by atoms with E-state index in [0.29, 0.717) is 0 Å². The first-order chi connectivity index (χ1) is 16.9. The fraction of sp³-hybridized carbons (Fsp3) is 0.548. The Morgan fingerprint density at radius 3 is 1.92 bits per heavy atom. The van der Waals surface area contributed by atoms with Crippen LogP contribution < -0.4 is 10.4 Å². The minimum Gasteiger partial charge on any atom is -0.404 e. The lowest BCUT2D eigenvalue weighted by Crippen LogP contribution is -2.67. The van der Waals surface area contributed by atoms with Gasteiger partial charge in [-0.2, -0.15) is 0 Å². The van der Waals surface area contributed by atoms with E-state index in [0.717, 1.165) is 10.8 Å². The molecule has 3 rings (SSSR count). The molecule has 2 aromatic carbocycles. The van der Waals surface area contributed by atoms with Gasteiger partial charge in [0.1, 0.15) is 0 Å². The first-order valence-corrected chi connectivity index (χ1v) is 16.7.